The van der Waals surface area contributed by atoms with Crippen molar-refractivity contribution in [3.05, 3.63) is 54.0 Å². The minimum Gasteiger partial charge on any atom is -0.497 e. The Labute approximate surface area is 150 Å². The Morgan fingerprint density at radius 1 is 1.19 bits per heavy atom. The van der Waals surface area contributed by atoms with Crippen LogP contribution in [-0.4, -0.2) is 38.0 Å². The molecular weight excluding hydrogens is 340 g/mol. The number of ether oxygens (including phenoxy) is 2. The van der Waals surface area contributed by atoms with Crippen molar-refractivity contribution in [2.75, 3.05) is 20.3 Å². The van der Waals surface area contributed by atoms with Crippen molar-refractivity contribution in [3.8, 4) is 5.75 Å². The smallest absolute Gasteiger partial charge is 0.325 e. The Balaban J connectivity index is 1.71. The second-order valence-electron chi connectivity index (χ2n) is 5.38. The minimum absolute atomic E-state index is 0.344. The molecule has 0 spiro atoms. The zero-order chi connectivity index (χ0) is 18.9. The molecule has 1 aromatic heterocycles. The summed E-state index contributed by atoms with van der Waals surface area (Å²) in [6.07, 6.45) is 1.50. The number of benzene rings is 1. The first-order valence-electron chi connectivity index (χ1n) is 7.90. The highest BCUT2D eigenvalue weighted by molar-refractivity contribution is 5.96. The molecular formula is C18H20N2O6. The number of furan rings is 1. The van der Waals surface area contributed by atoms with Gasteiger partial charge in [-0.05, 0) is 37.3 Å². The molecule has 2 amide bonds. The summed E-state index contributed by atoms with van der Waals surface area (Å²) < 4.78 is 15.0. The number of nitrogens with one attached hydrogen (secondary N) is 2. The number of amides is 2. The largest absolute Gasteiger partial charge is 0.497 e. The van der Waals surface area contributed by atoms with Gasteiger partial charge < -0.3 is 24.5 Å². The lowest BCUT2D eigenvalue weighted by atomic mass is 10.2. The molecule has 2 N–H and O–H groups in total. The maximum absolute atomic E-state index is 12.0. The SMILES string of the molecule is COc1cccc(C(=O)NCC(=O)OCC(=O)N[C@H](C)c2ccco2)c1. The molecule has 0 fully saturated rings. The van der Waals surface area contributed by atoms with E-state index in [4.69, 9.17) is 13.9 Å². The van der Waals surface area contributed by atoms with Crippen molar-refractivity contribution in [3.63, 3.8) is 0 Å². The summed E-state index contributed by atoms with van der Waals surface area (Å²) in [5.41, 5.74) is 0.349. The van der Waals surface area contributed by atoms with Gasteiger partial charge in [-0.3, -0.25) is 14.4 Å². The molecule has 0 bridgehead atoms. The van der Waals surface area contributed by atoms with Crippen molar-refractivity contribution in [1.82, 2.24) is 10.6 Å². The van der Waals surface area contributed by atoms with Gasteiger partial charge in [-0.1, -0.05) is 6.07 Å². The molecule has 0 aliphatic heterocycles. The average molecular weight is 360 g/mol. The van der Waals surface area contributed by atoms with Crippen molar-refractivity contribution >= 4 is 17.8 Å². The Hall–Kier alpha value is -3.29. The first-order chi connectivity index (χ1) is 12.5. The molecule has 0 saturated heterocycles. The van der Waals surface area contributed by atoms with Crippen molar-refractivity contribution in [2.45, 2.75) is 13.0 Å². The zero-order valence-corrected chi connectivity index (χ0v) is 14.5. The van der Waals surface area contributed by atoms with E-state index in [1.54, 1.807) is 43.3 Å². The summed E-state index contributed by atoms with van der Waals surface area (Å²) in [4.78, 5) is 35.4. The second kappa shape index (κ2) is 9.26. The topological polar surface area (TPSA) is 107 Å². The molecule has 1 aromatic carbocycles. The highest BCUT2D eigenvalue weighted by Crippen LogP contribution is 2.12. The summed E-state index contributed by atoms with van der Waals surface area (Å²) in [6.45, 7) is 0.947. The number of rotatable bonds is 8. The van der Waals surface area contributed by atoms with Crippen LogP contribution in [0.2, 0.25) is 0 Å². The van der Waals surface area contributed by atoms with E-state index in [-0.39, 0.29) is 12.6 Å². The highest BCUT2D eigenvalue weighted by atomic mass is 16.5. The van der Waals surface area contributed by atoms with Gasteiger partial charge in [0, 0.05) is 5.56 Å². The van der Waals surface area contributed by atoms with Crippen molar-refractivity contribution in [1.29, 1.82) is 0 Å². The van der Waals surface area contributed by atoms with Gasteiger partial charge in [0.2, 0.25) is 0 Å². The van der Waals surface area contributed by atoms with Gasteiger partial charge in [0.05, 0.1) is 19.4 Å². The molecule has 8 heteroatoms. The van der Waals surface area contributed by atoms with Crippen LogP contribution >= 0.6 is 0 Å². The predicted molar refractivity (Wildman–Crippen MR) is 91.6 cm³/mol. The quantitative estimate of drug-likeness (QED) is 0.690. The van der Waals surface area contributed by atoms with Gasteiger partial charge in [0.15, 0.2) is 6.61 Å². The first kappa shape index (κ1) is 19.0. The van der Waals surface area contributed by atoms with E-state index in [1.807, 2.05) is 0 Å². The Kier molecular flexibility index (Phi) is 6.78. The predicted octanol–water partition coefficient (Wildman–Crippen LogP) is 1.44. The number of carbonyl (C=O) groups excluding carboxylic acids is 3. The summed E-state index contributed by atoms with van der Waals surface area (Å²) in [7, 11) is 1.49. The van der Waals surface area contributed by atoms with E-state index in [2.05, 4.69) is 10.6 Å². The molecule has 0 aliphatic rings. The molecule has 0 aliphatic carbocycles. The third-order valence-corrected chi connectivity index (χ3v) is 3.44. The highest BCUT2D eigenvalue weighted by Gasteiger charge is 2.14. The number of hydrogen-bond donors (Lipinski definition) is 2. The third-order valence-electron chi connectivity index (χ3n) is 3.44. The number of methoxy groups -OCH3 is 1. The van der Waals surface area contributed by atoms with Crippen LogP contribution in [-0.2, 0) is 14.3 Å². The van der Waals surface area contributed by atoms with Crippen LogP contribution in [0.25, 0.3) is 0 Å². The van der Waals surface area contributed by atoms with E-state index in [0.717, 1.165) is 0 Å². The van der Waals surface area contributed by atoms with Gasteiger partial charge in [-0.25, -0.2) is 0 Å². The lowest BCUT2D eigenvalue weighted by Gasteiger charge is -2.11. The van der Waals surface area contributed by atoms with Gasteiger partial charge >= 0.3 is 5.97 Å². The molecule has 0 saturated carbocycles. The number of carbonyl (C=O) groups is 3. The summed E-state index contributed by atoms with van der Waals surface area (Å²) in [5.74, 6) is -0.516. The fourth-order valence-corrected chi connectivity index (χ4v) is 2.11. The summed E-state index contributed by atoms with van der Waals surface area (Å²) >= 11 is 0. The molecule has 0 radical (unpaired) electrons. The second-order valence-corrected chi connectivity index (χ2v) is 5.38. The normalized spacial score (nSPS) is 11.3. The third kappa shape index (κ3) is 5.66. The molecule has 26 heavy (non-hydrogen) atoms. The molecule has 1 atom stereocenters. The van der Waals surface area contributed by atoms with Crippen LogP contribution < -0.4 is 15.4 Å². The van der Waals surface area contributed by atoms with E-state index in [9.17, 15) is 14.4 Å². The van der Waals surface area contributed by atoms with Crippen LogP contribution in [0, 0.1) is 0 Å². The van der Waals surface area contributed by atoms with Gasteiger partial charge in [0.1, 0.15) is 18.1 Å². The van der Waals surface area contributed by atoms with Crippen LogP contribution in [0.5, 0.6) is 5.75 Å². The molecule has 8 nitrogen and oxygen atoms in total. The minimum atomic E-state index is -0.720. The van der Waals surface area contributed by atoms with E-state index in [1.165, 1.54) is 13.4 Å². The van der Waals surface area contributed by atoms with E-state index >= 15 is 0 Å². The summed E-state index contributed by atoms with van der Waals surface area (Å²) in [5, 5.41) is 5.05. The van der Waals surface area contributed by atoms with Crippen LogP contribution in [0.1, 0.15) is 29.1 Å². The zero-order valence-electron chi connectivity index (χ0n) is 14.5. The molecule has 1 heterocycles. The fourth-order valence-electron chi connectivity index (χ4n) is 2.11. The lowest BCUT2D eigenvalue weighted by Crippen LogP contribution is -2.34. The maximum atomic E-state index is 12.0. The van der Waals surface area contributed by atoms with Gasteiger partial charge in [-0.15, -0.1) is 0 Å². The first-order valence-corrected chi connectivity index (χ1v) is 7.90. The van der Waals surface area contributed by atoms with E-state index < -0.39 is 24.4 Å². The Morgan fingerprint density at radius 2 is 2.00 bits per heavy atom. The van der Waals surface area contributed by atoms with Crippen molar-refractivity contribution < 1.29 is 28.3 Å². The van der Waals surface area contributed by atoms with Crippen LogP contribution in [0.15, 0.2) is 47.1 Å². The van der Waals surface area contributed by atoms with Gasteiger partial charge in [0.25, 0.3) is 11.8 Å². The van der Waals surface area contributed by atoms with Crippen molar-refractivity contribution in [2.24, 2.45) is 0 Å². The molecule has 0 unspecified atom stereocenters. The van der Waals surface area contributed by atoms with E-state index in [0.29, 0.717) is 17.1 Å². The molecule has 2 rings (SSSR count). The average Bonchev–Trinajstić information content (AvgIpc) is 3.19. The number of esters is 1. The Morgan fingerprint density at radius 3 is 2.69 bits per heavy atom. The van der Waals surface area contributed by atoms with Gasteiger partial charge in [-0.2, -0.15) is 0 Å². The monoisotopic (exact) mass is 360 g/mol. The Bertz CT molecular complexity index is 757. The summed E-state index contributed by atoms with van der Waals surface area (Å²) in [6, 6.07) is 9.60. The van der Waals surface area contributed by atoms with Crippen LogP contribution in [0.3, 0.4) is 0 Å². The lowest BCUT2D eigenvalue weighted by molar-refractivity contribution is -0.147. The number of hydrogen-bond acceptors (Lipinski definition) is 6. The fraction of sp³-hybridized carbons (Fsp3) is 0.278. The van der Waals surface area contributed by atoms with Crippen LogP contribution in [0.4, 0.5) is 0 Å². The maximum Gasteiger partial charge on any atom is 0.325 e. The molecule has 138 valence electrons. The molecule has 2 aromatic rings. The standard InChI is InChI=1S/C18H20N2O6/c1-12(15-7-4-8-25-15)20-16(21)11-26-17(22)10-19-18(23)13-5-3-6-14(9-13)24-2/h3-9,12H,10-11H2,1-2H3,(H,19,23)(H,20,21)/t12-/m1/s1.